The van der Waals surface area contributed by atoms with Gasteiger partial charge in [0.2, 0.25) is 0 Å². The van der Waals surface area contributed by atoms with Crippen LogP contribution in [0.5, 0.6) is 5.75 Å². The summed E-state index contributed by atoms with van der Waals surface area (Å²) in [5.74, 6) is 1.03. The third-order valence-electron chi connectivity index (χ3n) is 2.60. The Bertz CT molecular complexity index is 363. The van der Waals surface area contributed by atoms with Gasteiger partial charge in [-0.15, -0.1) is 0 Å². The fourth-order valence-electron chi connectivity index (χ4n) is 1.54. The summed E-state index contributed by atoms with van der Waals surface area (Å²) in [5, 5.41) is 0. The maximum absolute atomic E-state index is 11.5. The first-order valence-electron chi connectivity index (χ1n) is 6.11. The van der Waals surface area contributed by atoms with Crippen molar-refractivity contribution >= 4 is 11.9 Å². The van der Waals surface area contributed by atoms with Gasteiger partial charge in [0.1, 0.15) is 5.75 Å². The molecule has 2 nitrogen and oxygen atoms in total. The summed E-state index contributed by atoms with van der Waals surface area (Å²) < 4.78 is 5.07. The number of benzene rings is 1. The molecule has 92 valence electrons. The first-order valence-corrected chi connectivity index (χ1v) is 6.11. The molecule has 0 aromatic heterocycles. The molecule has 1 aromatic carbocycles. The Morgan fingerprint density at radius 1 is 1.24 bits per heavy atom. The number of carbonyl (C=O) groups excluding carboxylic acids is 1. The highest BCUT2D eigenvalue weighted by Crippen LogP contribution is 2.12. The van der Waals surface area contributed by atoms with Crippen molar-refractivity contribution in [2.75, 3.05) is 7.11 Å². The van der Waals surface area contributed by atoms with Crippen LogP contribution in [0.4, 0.5) is 0 Å². The van der Waals surface area contributed by atoms with E-state index < -0.39 is 0 Å². The van der Waals surface area contributed by atoms with E-state index in [0.717, 1.165) is 30.6 Å². The van der Waals surface area contributed by atoms with Crippen LogP contribution in [0.2, 0.25) is 0 Å². The number of carbonyl (C=O) groups is 1. The molecule has 17 heavy (non-hydrogen) atoms. The molecule has 0 spiro atoms. The average Bonchev–Trinajstić information content (AvgIpc) is 2.37. The summed E-state index contributed by atoms with van der Waals surface area (Å²) in [4.78, 5) is 11.5. The second-order valence-electron chi connectivity index (χ2n) is 4.03. The molecule has 0 aliphatic heterocycles. The van der Waals surface area contributed by atoms with Crippen molar-refractivity contribution in [1.29, 1.82) is 0 Å². The Kier molecular flexibility index (Phi) is 6.08. The van der Waals surface area contributed by atoms with Gasteiger partial charge in [0.25, 0.3) is 0 Å². The number of hydrogen-bond donors (Lipinski definition) is 0. The lowest BCUT2D eigenvalue weighted by Gasteiger charge is -1.99. The molecule has 1 aromatic rings. The smallest absolute Gasteiger partial charge is 0.155 e. The summed E-state index contributed by atoms with van der Waals surface area (Å²) in [5.41, 5.74) is 1.02. The Labute approximate surface area is 103 Å². The number of allylic oxidation sites excluding steroid dienone is 1. The van der Waals surface area contributed by atoms with Gasteiger partial charge in [-0.2, -0.15) is 0 Å². The lowest BCUT2D eigenvalue weighted by molar-refractivity contribution is -0.114. The molecule has 0 bridgehead atoms. The van der Waals surface area contributed by atoms with Crippen LogP contribution < -0.4 is 4.74 Å². The Morgan fingerprint density at radius 2 is 1.94 bits per heavy atom. The fraction of sp³-hybridized carbons (Fsp3) is 0.400. The van der Waals surface area contributed by atoms with E-state index in [1.165, 1.54) is 0 Å². The molecule has 0 unspecified atom stereocenters. The van der Waals surface area contributed by atoms with E-state index in [0.29, 0.717) is 6.42 Å². The Morgan fingerprint density at radius 3 is 2.53 bits per heavy atom. The van der Waals surface area contributed by atoms with Crippen LogP contribution in [-0.4, -0.2) is 12.9 Å². The topological polar surface area (TPSA) is 26.3 Å². The molecule has 0 radical (unpaired) electrons. The monoisotopic (exact) mass is 232 g/mol. The molecule has 0 saturated carbocycles. The van der Waals surface area contributed by atoms with Gasteiger partial charge in [-0.3, -0.25) is 4.79 Å². The molecule has 0 aliphatic rings. The van der Waals surface area contributed by atoms with Crippen LogP contribution in [0, 0.1) is 0 Å². The van der Waals surface area contributed by atoms with Crippen LogP contribution in [0.1, 0.15) is 38.2 Å². The maximum atomic E-state index is 11.5. The Balaban J connectivity index is 2.43. The molecule has 0 aliphatic carbocycles. The van der Waals surface area contributed by atoms with E-state index in [4.69, 9.17) is 4.74 Å². The highest BCUT2D eigenvalue weighted by Gasteiger charge is 1.96. The van der Waals surface area contributed by atoms with Gasteiger partial charge in [-0.25, -0.2) is 0 Å². The average molecular weight is 232 g/mol. The standard InChI is InChI=1S/C15H20O2/c1-3-4-5-6-14(16)10-7-13-8-11-15(17-2)12-9-13/h7-12H,3-6H2,1-2H3. The van der Waals surface area contributed by atoms with Crippen molar-refractivity contribution in [2.24, 2.45) is 0 Å². The van der Waals surface area contributed by atoms with Crippen LogP contribution in [0.15, 0.2) is 30.3 Å². The zero-order valence-electron chi connectivity index (χ0n) is 10.6. The zero-order valence-corrected chi connectivity index (χ0v) is 10.6. The molecule has 0 amide bonds. The predicted molar refractivity (Wildman–Crippen MR) is 71.2 cm³/mol. The Hall–Kier alpha value is -1.57. The number of hydrogen-bond acceptors (Lipinski definition) is 2. The van der Waals surface area contributed by atoms with Crippen LogP contribution in [0.3, 0.4) is 0 Å². The molecule has 0 atom stereocenters. The minimum atomic E-state index is 0.203. The molecular weight excluding hydrogens is 212 g/mol. The minimum absolute atomic E-state index is 0.203. The van der Waals surface area contributed by atoms with Gasteiger partial charge in [0.05, 0.1) is 7.11 Å². The normalized spacial score (nSPS) is 10.7. The fourth-order valence-corrected chi connectivity index (χ4v) is 1.54. The van der Waals surface area contributed by atoms with Crippen LogP contribution in [-0.2, 0) is 4.79 Å². The lowest BCUT2D eigenvalue weighted by Crippen LogP contribution is -1.91. The molecule has 0 heterocycles. The highest BCUT2D eigenvalue weighted by molar-refractivity contribution is 5.93. The summed E-state index contributed by atoms with van der Waals surface area (Å²) >= 11 is 0. The quantitative estimate of drug-likeness (QED) is 0.527. The number of ketones is 1. The number of ether oxygens (including phenoxy) is 1. The zero-order chi connectivity index (χ0) is 12.5. The maximum Gasteiger partial charge on any atom is 0.155 e. The van der Waals surface area contributed by atoms with Crippen molar-refractivity contribution in [3.63, 3.8) is 0 Å². The van der Waals surface area contributed by atoms with E-state index in [-0.39, 0.29) is 5.78 Å². The molecule has 1 rings (SSSR count). The van der Waals surface area contributed by atoms with Crippen molar-refractivity contribution in [3.05, 3.63) is 35.9 Å². The number of unbranched alkanes of at least 4 members (excludes halogenated alkanes) is 2. The number of rotatable bonds is 7. The summed E-state index contributed by atoms with van der Waals surface area (Å²) in [6.45, 7) is 2.14. The SMILES string of the molecule is CCCCCC(=O)C=Cc1ccc(OC)cc1. The molecule has 0 fully saturated rings. The second-order valence-corrected chi connectivity index (χ2v) is 4.03. The molecule has 0 N–H and O–H groups in total. The van der Waals surface area contributed by atoms with Crippen molar-refractivity contribution in [2.45, 2.75) is 32.6 Å². The lowest BCUT2D eigenvalue weighted by atomic mass is 10.1. The summed E-state index contributed by atoms with van der Waals surface area (Å²) in [6, 6.07) is 7.66. The summed E-state index contributed by atoms with van der Waals surface area (Å²) in [7, 11) is 1.64. The van der Waals surface area contributed by atoms with Crippen LogP contribution >= 0.6 is 0 Å². The van der Waals surface area contributed by atoms with E-state index >= 15 is 0 Å². The van der Waals surface area contributed by atoms with Gasteiger partial charge < -0.3 is 4.74 Å². The minimum Gasteiger partial charge on any atom is -0.497 e. The molecular formula is C15H20O2. The summed E-state index contributed by atoms with van der Waals surface area (Å²) in [6.07, 6.45) is 7.44. The second kappa shape index (κ2) is 7.66. The predicted octanol–water partition coefficient (Wildman–Crippen LogP) is 3.86. The van der Waals surface area contributed by atoms with Crippen molar-refractivity contribution in [3.8, 4) is 5.75 Å². The van der Waals surface area contributed by atoms with Gasteiger partial charge in [0, 0.05) is 6.42 Å². The van der Waals surface area contributed by atoms with Crippen molar-refractivity contribution in [1.82, 2.24) is 0 Å². The van der Waals surface area contributed by atoms with E-state index in [1.807, 2.05) is 30.3 Å². The van der Waals surface area contributed by atoms with Crippen molar-refractivity contribution < 1.29 is 9.53 Å². The highest BCUT2D eigenvalue weighted by atomic mass is 16.5. The third-order valence-corrected chi connectivity index (χ3v) is 2.60. The third kappa shape index (κ3) is 5.34. The first-order chi connectivity index (χ1) is 8.26. The largest absolute Gasteiger partial charge is 0.497 e. The number of methoxy groups -OCH3 is 1. The van der Waals surface area contributed by atoms with Gasteiger partial charge in [-0.1, -0.05) is 38.0 Å². The van der Waals surface area contributed by atoms with E-state index in [9.17, 15) is 4.79 Å². The first kappa shape index (κ1) is 13.5. The van der Waals surface area contributed by atoms with Gasteiger partial charge >= 0.3 is 0 Å². The van der Waals surface area contributed by atoms with Gasteiger partial charge in [-0.05, 0) is 30.2 Å². The van der Waals surface area contributed by atoms with E-state index in [1.54, 1.807) is 13.2 Å². The van der Waals surface area contributed by atoms with E-state index in [2.05, 4.69) is 6.92 Å². The molecule has 0 saturated heterocycles. The molecule has 2 heteroatoms. The van der Waals surface area contributed by atoms with Crippen LogP contribution in [0.25, 0.3) is 6.08 Å². The van der Waals surface area contributed by atoms with Gasteiger partial charge in [0.15, 0.2) is 5.78 Å².